The Kier molecular flexibility index (Phi) is 6.52. The number of nitrogens with one attached hydrogen (secondary N) is 1. The zero-order valence-corrected chi connectivity index (χ0v) is 19.9. The van der Waals surface area contributed by atoms with Crippen LogP contribution in [0.25, 0.3) is 5.70 Å². The normalized spacial score (nSPS) is 18.8. The number of halogens is 4. The fourth-order valence-corrected chi connectivity index (χ4v) is 5.39. The summed E-state index contributed by atoms with van der Waals surface area (Å²) in [5.41, 5.74) is 3.79. The van der Waals surface area contributed by atoms with Gasteiger partial charge < -0.3 is 4.90 Å². The molecule has 0 saturated carbocycles. The first-order valence-electron chi connectivity index (χ1n) is 10.5. The Balaban J connectivity index is 1.21. The lowest BCUT2D eigenvalue weighted by molar-refractivity contribution is -0.133. The molecule has 1 amide bonds. The minimum Gasteiger partial charge on any atom is -0.341 e. The zero-order valence-electron chi connectivity index (χ0n) is 17.5. The Hall–Kier alpha value is -2.60. The summed E-state index contributed by atoms with van der Waals surface area (Å²) in [7, 11) is 0. The summed E-state index contributed by atoms with van der Waals surface area (Å²) in [4.78, 5) is 28.2. The van der Waals surface area contributed by atoms with Crippen molar-refractivity contribution in [3.63, 3.8) is 0 Å². The van der Waals surface area contributed by atoms with Gasteiger partial charge in [-0.1, -0.05) is 6.07 Å². The van der Waals surface area contributed by atoms with E-state index < -0.39 is 17.7 Å². The molecule has 8 nitrogen and oxygen atoms in total. The maximum absolute atomic E-state index is 14.1. The van der Waals surface area contributed by atoms with Crippen molar-refractivity contribution in [1.29, 1.82) is 0 Å². The van der Waals surface area contributed by atoms with Crippen molar-refractivity contribution in [3.8, 4) is 0 Å². The molecule has 13 heteroatoms. The van der Waals surface area contributed by atoms with Gasteiger partial charge >= 0.3 is 0 Å². The van der Waals surface area contributed by atoms with Crippen LogP contribution < -0.4 is 5.48 Å². The van der Waals surface area contributed by atoms with E-state index in [1.165, 1.54) is 34.2 Å². The molecular weight excluding hydrogens is 509 g/mol. The number of carbonyl (C=O) groups excluding carboxylic acids is 1. The van der Waals surface area contributed by atoms with E-state index in [1.54, 1.807) is 11.0 Å². The molecule has 1 atom stereocenters. The predicted molar refractivity (Wildman–Crippen MR) is 122 cm³/mol. The van der Waals surface area contributed by atoms with Crippen LogP contribution >= 0.6 is 34.5 Å². The lowest BCUT2D eigenvalue weighted by Crippen LogP contribution is -2.39. The van der Waals surface area contributed by atoms with Gasteiger partial charge in [0.05, 0.1) is 22.0 Å². The highest BCUT2D eigenvalue weighted by Crippen LogP contribution is 2.35. The van der Waals surface area contributed by atoms with Crippen LogP contribution in [0.15, 0.2) is 29.7 Å². The van der Waals surface area contributed by atoms with Crippen molar-refractivity contribution in [1.82, 2.24) is 30.1 Å². The summed E-state index contributed by atoms with van der Waals surface area (Å²) in [6.45, 7) is 1.14. The van der Waals surface area contributed by atoms with E-state index in [0.717, 1.165) is 17.8 Å². The molecule has 0 spiro atoms. The zero-order chi connectivity index (χ0) is 23.8. The van der Waals surface area contributed by atoms with Gasteiger partial charge in [0, 0.05) is 24.4 Å². The number of rotatable bonds is 5. The summed E-state index contributed by atoms with van der Waals surface area (Å²) < 4.78 is 29.4. The van der Waals surface area contributed by atoms with Gasteiger partial charge in [0.25, 0.3) is 0 Å². The number of thiazole rings is 1. The average molecular weight is 527 g/mol. The van der Waals surface area contributed by atoms with Crippen molar-refractivity contribution in [2.24, 2.45) is 0 Å². The highest BCUT2D eigenvalue weighted by Gasteiger charge is 2.29. The molecule has 1 unspecified atom stereocenters. The summed E-state index contributed by atoms with van der Waals surface area (Å²) in [6.07, 6.45) is 2.25. The third-order valence-electron chi connectivity index (χ3n) is 5.78. The second-order valence-electron chi connectivity index (χ2n) is 7.89. The summed E-state index contributed by atoms with van der Waals surface area (Å²) in [5.74, 6) is -1.24. The quantitative estimate of drug-likeness (QED) is 0.532. The summed E-state index contributed by atoms with van der Waals surface area (Å²) >= 11 is 13.1. The largest absolute Gasteiger partial charge is 0.341 e. The molecule has 1 saturated heterocycles. The molecule has 1 N–H and O–H groups in total. The van der Waals surface area contributed by atoms with Gasteiger partial charge in [-0.25, -0.2) is 18.4 Å². The van der Waals surface area contributed by atoms with Gasteiger partial charge in [0.1, 0.15) is 24.3 Å². The monoisotopic (exact) mass is 526 g/mol. The molecule has 3 aromatic rings. The van der Waals surface area contributed by atoms with Crippen molar-refractivity contribution in [2.45, 2.75) is 31.4 Å². The van der Waals surface area contributed by atoms with Crippen molar-refractivity contribution in [2.75, 3.05) is 13.1 Å². The van der Waals surface area contributed by atoms with Gasteiger partial charge in [-0.15, -0.1) is 16.4 Å². The van der Waals surface area contributed by atoms with Crippen LogP contribution in [0.4, 0.5) is 8.78 Å². The lowest BCUT2D eigenvalue weighted by atomic mass is 9.97. The van der Waals surface area contributed by atoms with Crippen LogP contribution in [-0.2, 0) is 16.2 Å². The van der Waals surface area contributed by atoms with E-state index in [-0.39, 0.29) is 34.5 Å². The summed E-state index contributed by atoms with van der Waals surface area (Å²) in [5, 5.41) is 6.79. The minimum atomic E-state index is -0.885. The molecule has 0 bridgehead atoms. The van der Waals surface area contributed by atoms with Crippen LogP contribution in [-0.4, -0.2) is 43.6 Å². The molecule has 178 valence electrons. The average Bonchev–Trinajstić information content (AvgIpc) is 3.54. The molecule has 4 heterocycles. The predicted octanol–water partition coefficient (Wildman–Crippen LogP) is 4.34. The number of amides is 1. The van der Waals surface area contributed by atoms with Crippen molar-refractivity contribution in [3.05, 3.63) is 68.1 Å². The van der Waals surface area contributed by atoms with Gasteiger partial charge in [0.2, 0.25) is 16.5 Å². The first kappa shape index (κ1) is 23.2. The van der Waals surface area contributed by atoms with Crippen LogP contribution in [0.5, 0.6) is 0 Å². The molecule has 2 aliphatic rings. The second kappa shape index (κ2) is 9.57. The molecule has 0 aliphatic carbocycles. The number of likely N-dealkylation sites (tertiary alicyclic amines) is 1. The lowest BCUT2D eigenvalue weighted by Gasteiger charge is -2.31. The Morgan fingerprint density at radius 1 is 1.21 bits per heavy atom. The Bertz CT molecular complexity index is 1240. The second-order valence-corrected chi connectivity index (χ2v) is 9.46. The van der Waals surface area contributed by atoms with Crippen LogP contribution in [0.1, 0.15) is 41.1 Å². The fraction of sp³-hybridized carbons (Fsp3) is 0.333. The van der Waals surface area contributed by atoms with E-state index in [4.69, 9.17) is 33.0 Å². The topological polar surface area (TPSA) is 85.2 Å². The maximum atomic E-state index is 14.1. The molecule has 5 rings (SSSR count). The highest BCUT2D eigenvalue weighted by molar-refractivity contribution is 7.09. The molecule has 34 heavy (non-hydrogen) atoms. The SMILES string of the molecule is O=C(Cn1nc(Cl)nc1Cl)N1CCC(c2nc(C3=CC(c4c(F)cccc4F)ON3)cs2)CC1. The molecule has 1 fully saturated rings. The number of aromatic nitrogens is 4. The minimum absolute atomic E-state index is 0.00120. The Labute approximate surface area is 207 Å². The smallest absolute Gasteiger partial charge is 0.244 e. The van der Waals surface area contributed by atoms with Gasteiger partial charge in [-0.2, -0.15) is 4.98 Å². The van der Waals surface area contributed by atoms with E-state index >= 15 is 0 Å². The number of hydroxylamine groups is 1. The summed E-state index contributed by atoms with van der Waals surface area (Å²) in [6, 6.07) is 3.70. The number of hydrogen-bond donors (Lipinski definition) is 1. The third-order valence-corrected chi connectivity index (χ3v) is 7.23. The van der Waals surface area contributed by atoms with Crippen LogP contribution in [0.3, 0.4) is 0 Å². The third kappa shape index (κ3) is 4.65. The Morgan fingerprint density at radius 2 is 1.94 bits per heavy atom. The highest BCUT2D eigenvalue weighted by atomic mass is 35.5. The first-order valence-corrected chi connectivity index (χ1v) is 12.1. The maximum Gasteiger partial charge on any atom is 0.244 e. The molecule has 0 radical (unpaired) electrons. The van der Waals surface area contributed by atoms with Gasteiger partial charge in [-0.05, 0) is 54.3 Å². The van der Waals surface area contributed by atoms with E-state index in [0.29, 0.717) is 24.5 Å². The number of hydrogen-bond acceptors (Lipinski definition) is 7. The van der Waals surface area contributed by atoms with E-state index in [2.05, 4.69) is 15.6 Å². The number of carbonyl (C=O) groups is 1. The van der Waals surface area contributed by atoms with Crippen molar-refractivity contribution < 1.29 is 18.4 Å². The van der Waals surface area contributed by atoms with E-state index in [1.807, 2.05) is 5.38 Å². The van der Waals surface area contributed by atoms with Gasteiger partial charge in [-0.3, -0.25) is 15.1 Å². The Morgan fingerprint density at radius 3 is 2.62 bits per heavy atom. The van der Waals surface area contributed by atoms with Crippen LogP contribution in [0, 0.1) is 11.6 Å². The number of nitrogens with zero attached hydrogens (tertiary/aromatic N) is 5. The molecule has 2 aromatic heterocycles. The number of benzene rings is 1. The molecule has 2 aliphatic heterocycles. The molecular formula is C21H18Cl2F2N6O2S. The van der Waals surface area contributed by atoms with Crippen LogP contribution in [0.2, 0.25) is 10.6 Å². The molecule has 1 aromatic carbocycles. The van der Waals surface area contributed by atoms with Crippen molar-refractivity contribution >= 4 is 46.1 Å². The standard InChI is InChI=1S/C21H18Cl2F2N6O2S/c22-20-27-21(23)31(28-20)9-17(32)30-6-4-11(5-7-30)19-26-15(10-34-19)14-8-16(33-29-14)18-12(24)2-1-3-13(18)25/h1-3,8,10-11,16,29H,4-7,9H2. The first-order chi connectivity index (χ1) is 16.4. The van der Waals surface area contributed by atoms with E-state index in [9.17, 15) is 13.6 Å². The fourth-order valence-electron chi connectivity index (χ4n) is 4.01. The van der Waals surface area contributed by atoms with Gasteiger partial charge in [0.15, 0.2) is 0 Å². The number of piperidine rings is 1.